The Labute approximate surface area is 149 Å². The molecule has 3 rings (SSSR count). The monoisotopic (exact) mass is 360 g/mol. The van der Waals surface area contributed by atoms with Crippen LogP contribution in [-0.2, 0) is 16.0 Å². The van der Waals surface area contributed by atoms with Crippen molar-refractivity contribution in [3.05, 3.63) is 59.1 Å². The number of nitrogens with one attached hydrogen (secondary N) is 1. The average molecular weight is 361 g/mol. The summed E-state index contributed by atoms with van der Waals surface area (Å²) in [5, 5.41) is 22.0. The molecule has 0 saturated carbocycles. The minimum Gasteiger partial charge on any atom is -0.478 e. The summed E-state index contributed by atoms with van der Waals surface area (Å²) in [4.78, 5) is 23.3. The molecule has 0 aromatic heterocycles. The average Bonchev–Trinajstić information content (AvgIpc) is 3.07. The highest BCUT2D eigenvalue weighted by Gasteiger charge is 2.11. The van der Waals surface area contributed by atoms with Crippen LogP contribution >= 0.6 is 11.6 Å². The lowest BCUT2D eigenvalue weighted by atomic mass is 10.0. The predicted octanol–water partition coefficient (Wildman–Crippen LogP) is 2.75. The fraction of sp³-hybridized carbons (Fsp3) is 0.167. The molecule has 1 unspecified atom stereocenters. The van der Waals surface area contributed by atoms with Crippen molar-refractivity contribution < 1.29 is 19.8 Å². The molecule has 130 valence electrons. The molecule has 0 bridgehead atoms. The normalized spacial score (nSPS) is 15.6. The zero-order valence-electron chi connectivity index (χ0n) is 13.2. The van der Waals surface area contributed by atoms with Crippen LogP contribution in [0, 0.1) is 0 Å². The molecule has 0 radical (unpaired) electrons. The molecule has 25 heavy (non-hydrogen) atoms. The van der Waals surface area contributed by atoms with Gasteiger partial charge in [-0.2, -0.15) is 0 Å². The van der Waals surface area contributed by atoms with Crippen LogP contribution in [0.5, 0.6) is 0 Å². The van der Waals surface area contributed by atoms with Gasteiger partial charge in [0.1, 0.15) is 0 Å². The lowest BCUT2D eigenvalue weighted by Gasteiger charge is -2.10. The summed E-state index contributed by atoms with van der Waals surface area (Å²) >= 11 is 6.21. The van der Waals surface area contributed by atoms with Crippen LogP contribution in [0.3, 0.4) is 0 Å². The summed E-state index contributed by atoms with van der Waals surface area (Å²) in [7, 11) is 0. The van der Waals surface area contributed by atoms with Crippen molar-refractivity contribution in [2.75, 3.05) is 6.54 Å². The fourth-order valence-corrected chi connectivity index (χ4v) is 2.59. The molecule has 2 aromatic carbocycles. The van der Waals surface area contributed by atoms with Crippen molar-refractivity contribution >= 4 is 40.7 Å². The third-order valence-corrected chi connectivity index (χ3v) is 3.80. The number of hydrogen-bond acceptors (Lipinski definition) is 4. The molecular weight excluding hydrogens is 344 g/mol. The zero-order chi connectivity index (χ0) is 18.2. The number of carbonyl (C=O) groups is 2. The van der Waals surface area contributed by atoms with E-state index < -0.39 is 11.9 Å². The first-order chi connectivity index (χ1) is 12.0. The maximum Gasteiger partial charge on any atom is 0.328 e. The summed E-state index contributed by atoms with van der Waals surface area (Å²) in [6.45, 7) is 0.862. The van der Waals surface area contributed by atoms with Crippen LogP contribution in [0.1, 0.15) is 5.56 Å². The molecule has 0 saturated heterocycles. The first-order valence-electron chi connectivity index (χ1n) is 7.51. The van der Waals surface area contributed by atoms with Gasteiger partial charge in [-0.1, -0.05) is 35.9 Å². The number of fused-ring (bicyclic) bond motifs is 1. The SMILES string of the molecule is Clc1cccc2ccc(CC3CN=CN3)cc12.O=C(O)/C=C/C(=O)O. The van der Waals surface area contributed by atoms with Gasteiger partial charge in [0.15, 0.2) is 0 Å². The van der Waals surface area contributed by atoms with E-state index >= 15 is 0 Å². The van der Waals surface area contributed by atoms with Crippen LogP contribution in [-0.4, -0.2) is 41.1 Å². The maximum atomic E-state index is 9.55. The number of nitrogens with zero attached hydrogens (tertiary/aromatic N) is 1. The molecule has 2 aromatic rings. The topological polar surface area (TPSA) is 99.0 Å². The Kier molecular flexibility index (Phi) is 6.54. The van der Waals surface area contributed by atoms with Crippen LogP contribution < -0.4 is 5.32 Å². The zero-order valence-corrected chi connectivity index (χ0v) is 14.0. The standard InChI is InChI=1S/C14H13ClN2.C4H4O4/c15-14-3-1-2-11-5-4-10(7-13(11)14)6-12-8-16-9-17-12;5-3(6)1-2-4(7)8/h1-5,7,9,12H,6,8H2,(H,16,17);1-2H,(H,5,6)(H,7,8)/b;2-1+. The number of halogens is 1. The van der Waals surface area contributed by atoms with E-state index in [4.69, 9.17) is 21.8 Å². The highest BCUT2D eigenvalue weighted by molar-refractivity contribution is 6.35. The molecule has 1 aliphatic heterocycles. The molecule has 0 fully saturated rings. The second-order valence-corrected chi connectivity index (χ2v) is 5.77. The van der Waals surface area contributed by atoms with Gasteiger partial charge >= 0.3 is 11.9 Å². The lowest BCUT2D eigenvalue weighted by Crippen LogP contribution is -2.26. The first kappa shape index (κ1) is 18.5. The third kappa shape index (κ3) is 5.93. The summed E-state index contributed by atoms with van der Waals surface area (Å²) in [5.74, 6) is -2.51. The van der Waals surface area contributed by atoms with Gasteiger partial charge in [-0.3, -0.25) is 4.99 Å². The quantitative estimate of drug-likeness (QED) is 0.728. The summed E-state index contributed by atoms with van der Waals surface area (Å²) in [5.41, 5.74) is 1.30. The van der Waals surface area contributed by atoms with E-state index in [-0.39, 0.29) is 0 Å². The Balaban J connectivity index is 0.000000242. The summed E-state index contributed by atoms with van der Waals surface area (Å²) in [6, 6.07) is 12.9. The van der Waals surface area contributed by atoms with Crippen molar-refractivity contribution in [3.8, 4) is 0 Å². The molecule has 7 heteroatoms. The molecule has 6 nitrogen and oxygen atoms in total. The van der Waals surface area contributed by atoms with Gasteiger partial charge in [0.25, 0.3) is 0 Å². The van der Waals surface area contributed by atoms with Crippen LogP contribution in [0.15, 0.2) is 53.5 Å². The molecule has 1 aliphatic rings. The molecular formula is C18H17ClN2O4. The molecule has 0 amide bonds. The van der Waals surface area contributed by atoms with Gasteiger partial charge in [-0.05, 0) is 29.5 Å². The van der Waals surface area contributed by atoms with Crippen molar-refractivity contribution in [1.29, 1.82) is 0 Å². The fourth-order valence-electron chi connectivity index (χ4n) is 2.35. The summed E-state index contributed by atoms with van der Waals surface area (Å²) in [6.07, 6.45) is 3.89. The molecule has 1 heterocycles. The Morgan fingerprint density at radius 1 is 1.20 bits per heavy atom. The summed E-state index contributed by atoms with van der Waals surface area (Å²) < 4.78 is 0. The Morgan fingerprint density at radius 2 is 1.92 bits per heavy atom. The Morgan fingerprint density at radius 3 is 2.52 bits per heavy atom. The molecule has 3 N–H and O–H groups in total. The third-order valence-electron chi connectivity index (χ3n) is 3.47. The number of carboxylic acids is 2. The second kappa shape index (κ2) is 8.84. The largest absolute Gasteiger partial charge is 0.478 e. The van der Waals surface area contributed by atoms with Gasteiger partial charge in [0, 0.05) is 22.6 Å². The predicted molar refractivity (Wildman–Crippen MR) is 97.4 cm³/mol. The smallest absolute Gasteiger partial charge is 0.328 e. The number of aliphatic carboxylic acids is 2. The van der Waals surface area contributed by atoms with E-state index in [1.54, 1.807) is 6.34 Å². The maximum absolute atomic E-state index is 9.55. The Hall–Kier alpha value is -2.86. The minimum atomic E-state index is -1.26. The lowest BCUT2D eigenvalue weighted by molar-refractivity contribution is -0.134. The van der Waals surface area contributed by atoms with Crippen molar-refractivity contribution in [1.82, 2.24) is 5.32 Å². The van der Waals surface area contributed by atoms with E-state index in [0.717, 1.165) is 23.4 Å². The van der Waals surface area contributed by atoms with Crippen molar-refractivity contribution in [2.24, 2.45) is 4.99 Å². The minimum absolute atomic E-state index is 0.426. The van der Waals surface area contributed by atoms with E-state index in [0.29, 0.717) is 18.2 Å². The van der Waals surface area contributed by atoms with Crippen LogP contribution in [0.25, 0.3) is 10.8 Å². The number of rotatable bonds is 4. The number of hydrogen-bond donors (Lipinski definition) is 3. The number of carboxylic acid groups (broad SMARTS) is 2. The van der Waals surface area contributed by atoms with E-state index in [9.17, 15) is 9.59 Å². The Bertz CT molecular complexity index is 809. The van der Waals surface area contributed by atoms with Crippen LogP contribution in [0.4, 0.5) is 0 Å². The van der Waals surface area contributed by atoms with Gasteiger partial charge in [0.2, 0.25) is 0 Å². The van der Waals surface area contributed by atoms with Gasteiger partial charge in [0.05, 0.1) is 18.9 Å². The van der Waals surface area contributed by atoms with E-state index in [1.165, 1.54) is 10.9 Å². The van der Waals surface area contributed by atoms with Crippen molar-refractivity contribution in [3.63, 3.8) is 0 Å². The van der Waals surface area contributed by atoms with Gasteiger partial charge in [-0.25, -0.2) is 9.59 Å². The van der Waals surface area contributed by atoms with E-state index in [2.05, 4.69) is 34.6 Å². The van der Waals surface area contributed by atoms with E-state index in [1.807, 2.05) is 12.1 Å². The van der Waals surface area contributed by atoms with Gasteiger partial charge < -0.3 is 15.5 Å². The van der Waals surface area contributed by atoms with Gasteiger partial charge in [-0.15, -0.1) is 0 Å². The number of aliphatic imine (C=N–C) groups is 1. The van der Waals surface area contributed by atoms with Crippen LogP contribution in [0.2, 0.25) is 5.02 Å². The second-order valence-electron chi connectivity index (χ2n) is 5.37. The van der Waals surface area contributed by atoms with Crippen molar-refractivity contribution in [2.45, 2.75) is 12.5 Å². The molecule has 0 spiro atoms. The first-order valence-corrected chi connectivity index (χ1v) is 7.89. The molecule has 1 atom stereocenters. The molecule has 0 aliphatic carbocycles. The number of benzene rings is 2. The highest BCUT2D eigenvalue weighted by atomic mass is 35.5. The highest BCUT2D eigenvalue weighted by Crippen LogP contribution is 2.24.